The van der Waals surface area contributed by atoms with Gasteiger partial charge in [0.05, 0.1) is 31.9 Å². The molecular formula is C21H30FNO3. The van der Waals surface area contributed by atoms with Gasteiger partial charge in [0.15, 0.2) is 5.78 Å². The van der Waals surface area contributed by atoms with Gasteiger partial charge in [0.25, 0.3) is 0 Å². The van der Waals surface area contributed by atoms with E-state index in [4.69, 9.17) is 9.47 Å². The van der Waals surface area contributed by atoms with Crippen LogP contribution in [0.3, 0.4) is 0 Å². The van der Waals surface area contributed by atoms with E-state index in [-0.39, 0.29) is 16.8 Å². The molecule has 0 bridgehead atoms. The molecule has 0 amide bonds. The number of likely N-dealkylation sites (tertiary alicyclic amines) is 1. The Labute approximate surface area is 155 Å². The van der Waals surface area contributed by atoms with Crippen LogP contribution in [-0.4, -0.2) is 50.1 Å². The molecule has 0 unspecified atom stereocenters. The number of Topliss-reactive ketones (excluding diaryl/α,β-unsaturated/α-hetero) is 1. The first kappa shape index (κ1) is 19.3. The number of benzene rings is 1. The summed E-state index contributed by atoms with van der Waals surface area (Å²) in [4.78, 5) is 15.2. The van der Waals surface area contributed by atoms with Crippen molar-refractivity contribution in [2.24, 2.45) is 5.92 Å². The molecule has 2 aliphatic rings. The second kappa shape index (κ2) is 7.65. The standard InChI is InChI=1S/C21H30FNO3/c1-21(2,3)17-11-18(22)16(10-20(17)25-4)19(24)9-14-5-7-23(8-6-14)15-12-26-13-15/h10-11,14-15H,5-9,12-13H2,1-4H3. The number of ether oxygens (including phenoxy) is 2. The van der Waals surface area contributed by atoms with Crippen molar-refractivity contribution < 1.29 is 18.7 Å². The van der Waals surface area contributed by atoms with Crippen molar-refractivity contribution >= 4 is 5.78 Å². The van der Waals surface area contributed by atoms with Gasteiger partial charge in [-0.15, -0.1) is 0 Å². The van der Waals surface area contributed by atoms with Crippen molar-refractivity contribution in [3.05, 3.63) is 29.1 Å². The molecule has 0 atom stereocenters. The average Bonchev–Trinajstić information content (AvgIpc) is 2.53. The van der Waals surface area contributed by atoms with E-state index in [1.165, 1.54) is 6.07 Å². The second-order valence-corrected chi connectivity index (χ2v) is 8.58. The van der Waals surface area contributed by atoms with Gasteiger partial charge >= 0.3 is 0 Å². The number of hydrogen-bond donors (Lipinski definition) is 0. The Balaban J connectivity index is 1.66. The fourth-order valence-corrected chi connectivity index (χ4v) is 3.85. The third-order valence-electron chi connectivity index (χ3n) is 5.66. The predicted molar refractivity (Wildman–Crippen MR) is 99.5 cm³/mol. The first-order valence-electron chi connectivity index (χ1n) is 9.52. The van der Waals surface area contributed by atoms with Gasteiger partial charge < -0.3 is 9.47 Å². The minimum atomic E-state index is -0.440. The van der Waals surface area contributed by atoms with Crippen molar-refractivity contribution in [2.75, 3.05) is 33.4 Å². The van der Waals surface area contributed by atoms with E-state index in [1.807, 2.05) is 20.8 Å². The molecule has 2 saturated heterocycles. The topological polar surface area (TPSA) is 38.8 Å². The molecule has 2 heterocycles. The van der Waals surface area contributed by atoms with Crippen molar-refractivity contribution in [3.8, 4) is 5.75 Å². The van der Waals surface area contributed by atoms with E-state index >= 15 is 0 Å². The third kappa shape index (κ3) is 4.09. The average molecular weight is 363 g/mol. The number of halogens is 1. The van der Waals surface area contributed by atoms with Gasteiger partial charge in [0.2, 0.25) is 0 Å². The molecular weight excluding hydrogens is 333 g/mol. The van der Waals surface area contributed by atoms with Crippen LogP contribution >= 0.6 is 0 Å². The fraction of sp³-hybridized carbons (Fsp3) is 0.667. The Bertz CT molecular complexity index is 656. The molecule has 0 radical (unpaired) electrons. The summed E-state index contributed by atoms with van der Waals surface area (Å²) < 4.78 is 25.3. The first-order valence-corrected chi connectivity index (χ1v) is 9.52. The van der Waals surface area contributed by atoms with Gasteiger partial charge in [-0.25, -0.2) is 4.39 Å². The summed E-state index contributed by atoms with van der Waals surface area (Å²) in [5, 5.41) is 0. The summed E-state index contributed by atoms with van der Waals surface area (Å²) in [5.41, 5.74) is 0.695. The molecule has 1 aromatic rings. The number of hydrogen-bond acceptors (Lipinski definition) is 4. The summed E-state index contributed by atoms with van der Waals surface area (Å²) in [7, 11) is 1.57. The van der Waals surface area contributed by atoms with Crippen molar-refractivity contribution in [3.63, 3.8) is 0 Å². The molecule has 2 fully saturated rings. The van der Waals surface area contributed by atoms with Crippen LogP contribution in [-0.2, 0) is 10.2 Å². The number of methoxy groups -OCH3 is 1. The predicted octanol–water partition coefficient (Wildman–Crippen LogP) is 3.82. The summed E-state index contributed by atoms with van der Waals surface area (Å²) in [6, 6.07) is 3.60. The molecule has 0 aromatic heterocycles. The van der Waals surface area contributed by atoms with Gasteiger partial charge in [-0.05, 0) is 49.4 Å². The van der Waals surface area contributed by atoms with Crippen molar-refractivity contribution in [1.82, 2.24) is 4.90 Å². The van der Waals surface area contributed by atoms with E-state index in [2.05, 4.69) is 4.90 Å². The number of carbonyl (C=O) groups excluding carboxylic acids is 1. The quantitative estimate of drug-likeness (QED) is 0.746. The number of rotatable bonds is 5. The minimum Gasteiger partial charge on any atom is -0.496 e. The van der Waals surface area contributed by atoms with E-state index < -0.39 is 5.82 Å². The molecule has 0 saturated carbocycles. The molecule has 3 rings (SSSR count). The zero-order valence-corrected chi connectivity index (χ0v) is 16.3. The Morgan fingerprint density at radius 2 is 1.92 bits per heavy atom. The van der Waals surface area contributed by atoms with Crippen LogP contribution in [0.25, 0.3) is 0 Å². The molecule has 0 aliphatic carbocycles. The summed E-state index contributed by atoms with van der Waals surface area (Å²) >= 11 is 0. The maximum absolute atomic E-state index is 14.6. The van der Waals surface area contributed by atoms with E-state index in [9.17, 15) is 9.18 Å². The van der Waals surface area contributed by atoms with E-state index in [0.29, 0.717) is 24.1 Å². The number of carbonyl (C=O) groups is 1. The molecule has 5 heteroatoms. The highest BCUT2D eigenvalue weighted by Crippen LogP contribution is 2.34. The van der Waals surface area contributed by atoms with Crippen molar-refractivity contribution in [2.45, 2.75) is 51.5 Å². The van der Waals surface area contributed by atoms with Gasteiger partial charge in [-0.1, -0.05) is 20.8 Å². The lowest BCUT2D eigenvalue weighted by Crippen LogP contribution is -2.51. The fourth-order valence-electron chi connectivity index (χ4n) is 3.85. The first-order chi connectivity index (χ1) is 12.3. The van der Waals surface area contributed by atoms with Crippen LogP contribution in [0, 0.1) is 11.7 Å². The van der Waals surface area contributed by atoms with Gasteiger partial charge in [-0.2, -0.15) is 0 Å². The van der Waals surface area contributed by atoms with Gasteiger partial charge in [-0.3, -0.25) is 9.69 Å². The largest absolute Gasteiger partial charge is 0.496 e. The lowest BCUT2D eigenvalue weighted by atomic mass is 9.84. The monoisotopic (exact) mass is 363 g/mol. The zero-order valence-electron chi connectivity index (χ0n) is 16.3. The zero-order chi connectivity index (χ0) is 18.9. The molecule has 2 aliphatic heterocycles. The molecule has 1 aromatic carbocycles. The van der Waals surface area contributed by atoms with Gasteiger partial charge in [0.1, 0.15) is 11.6 Å². The van der Waals surface area contributed by atoms with Crippen LogP contribution in [0.4, 0.5) is 4.39 Å². The maximum Gasteiger partial charge on any atom is 0.166 e. The highest BCUT2D eigenvalue weighted by Gasteiger charge is 2.31. The SMILES string of the molecule is COc1cc(C(=O)CC2CCN(C3COC3)CC2)c(F)cc1C(C)(C)C. The highest BCUT2D eigenvalue weighted by molar-refractivity contribution is 5.97. The van der Waals surface area contributed by atoms with E-state index in [1.54, 1.807) is 13.2 Å². The number of nitrogens with zero attached hydrogens (tertiary/aromatic N) is 1. The number of ketones is 1. The Morgan fingerprint density at radius 3 is 2.42 bits per heavy atom. The normalized spacial score (nSPS) is 20.0. The smallest absolute Gasteiger partial charge is 0.166 e. The van der Waals surface area contributed by atoms with Crippen LogP contribution in [0.1, 0.15) is 56.0 Å². The molecule has 4 nitrogen and oxygen atoms in total. The summed E-state index contributed by atoms with van der Waals surface area (Å²) in [6.45, 7) is 9.68. The maximum atomic E-state index is 14.6. The third-order valence-corrected chi connectivity index (χ3v) is 5.66. The van der Waals surface area contributed by atoms with Crippen LogP contribution in [0.5, 0.6) is 5.75 Å². The molecule has 144 valence electrons. The highest BCUT2D eigenvalue weighted by atomic mass is 19.1. The number of piperidine rings is 1. The van der Waals surface area contributed by atoms with E-state index in [0.717, 1.165) is 44.7 Å². The Morgan fingerprint density at radius 1 is 1.27 bits per heavy atom. The van der Waals surface area contributed by atoms with Crippen LogP contribution in [0.2, 0.25) is 0 Å². The molecule has 0 N–H and O–H groups in total. The second-order valence-electron chi connectivity index (χ2n) is 8.58. The molecule has 0 spiro atoms. The summed E-state index contributed by atoms with van der Waals surface area (Å²) in [5.74, 6) is 0.353. The van der Waals surface area contributed by atoms with Crippen molar-refractivity contribution in [1.29, 1.82) is 0 Å². The van der Waals surface area contributed by atoms with Crippen LogP contribution < -0.4 is 4.74 Å². The van der Waals surface area contributed by atoms with Gasteiger partial charge in [0, 0.05) is 12.0 Å². The lowest BCUT2D eigenvalue weighted by Gasteiger charge is -2.41. The lowest BCUT2D eigenvalue weighted by molar-refractivity contribution is -0.0737. The van der Waals surface area contributed by atoms with Crippen LogP contribution in [0.15, 0.2) is 12.1 Å². The minimum absolute atomic E-state index is 0.119. The Hall–Kier alpha value is -1.46. The Kier molecular flexibility index (Phi) is 5.68. The summed E-state index contributed by atoms with van der Waals surface area (Å²) in [6.07, 6.45) is 2.38. The molecule has 26 heavy (non-hydrogen) atoms.